The van der Waals surface area contributed by atoms with Gasteiger partial charge in [-0.15, -0.1) is 0 Å². The molecule has 11 heteroatoms. The van der Waals surface area contributed by atoms with Crippen LogP contribution >= 0.6 is 0 Å². The molecule has 1 N–H and O–H groups in total. The van der Waals surface area contributed by atoms with Gasteiger partial charge in [-0.3, -0.25) is 4.90 Å². The smallest absolute Gasteiger partial charge is 0.416 e. The van der Waals surface area contributed by atoms with Crippen LogP contribution in [0.5, 0.6) is 0 Å². The summed E-state index contributed by atoms with van der Waals surface area (Å²) in [5, 5.41) is 8.27. The number of anilines is 2. The first-order chi connectivity index (χ1) is 18.7. The van der Waals surface area contributed by atoms with Crippen LogP contribution in [0.3, 0.4) is 0 Å². The number of ether oxygens (including phenoxy) is 3. The SMILES string of the molecule is CC(C)c1cnn2c(N(C(=O)OC(C)(C)C)C3C4CN(C(=O)OC(C)(C)C)CC43)cc(NC3CCOCC3)nc12. The number of hydrogen-bond donors (Lipinski definition) is 1. The predicted octanol–water partition coefficient (Wildman–Crippen LogP) is 5.05. The highest BCUT2D eigenvalue weighted by Gasteiger charge is 2.62. The van der Waals surface area contributed by atoms with E-state index in [4.69, 9.17) is 19.2 Å². The molecule has 3 aliphatic rings. The number of carbonyl (C=O) groups excluding carboxylic acids is 2. The first-order valence-corrected chi connectivity index (χ1v) is 14.4. The van der Waals surface area contributed by atoms with Gasteiger partial charge in [-0.2, -0.15) is 9.61 Å². The maximum atomic E-state index is 13.9. The van der Waals surface area contributed by atoms with Crippen LogP contribution in [0.1, 0.15) is 79.7 Å². The van der Waals surface area contributed by atoms with E-state index in [0.717, 1.165) is 24.1 Å². The second-order valence-electron chi connectivity index (χ2n) is 13.6. The zero-order chi connectivity index (χ0) is 29.0. The lowest BCUT2D eigenvalue weighted by Crippen LogP contribution is -2.44. The molecule has 2 atom stereocenters. The fourth-order valence-corrected chi connectivity index (χ4v) is 5.70. The highest BCUT2D eigenvalue weighted by Crippen LogP contribution is 2.51. The predicted molar refractivity (Wildman–Crippen MR) is 152 cm³/mol. The van der Waals surface area contributed by atoms with E-state index < -0.39 is 17.3 Å². The second kappa shape index (κ2) is 10.4. The molecule has 2 saturated heterocycles. The zero-order valence-corrected chi connectivity index (χ0v) is 25.1. The molecule has 2 aliphatic heterocycles. The first kappa shape index (κ1) is 28.4. The monoisotopic (exact) mass is 556 g/mol. The lowest BCUT2D eigenvalue weighted by atomic mass is 10.1. The fourth-order valence-electron chi connectivity index (χ4n) is 5.70. The third kappa shape index (κ3) is 5.99. The van der Waals surface area contributed by atoms with Gasteiger partial charge in [-0.25, -0.2) is 14.6 Å². The lowest BCUT2D eigenvalue weighted by molar-refractivity contribution is 0.0270. The summed E-state index contributed by atoms with van der Waals surface area (Å²) in [5.41, 5.74) is 0.492. The summed E-state index contributed by atoms with van der Waals surface area (Å²) in [7, 11) is 0. The third-order valence-corrected chi connectivity index (χ3v) is 7.61. The van der Waals surface area contributed by atoms with Gasteiger partial charge in [0.2, 0.25) is 0 Å². The van der Waals surface area contributed by atoms with Crippen molar-refractivity contribution < 1.29 is 23.8 Å². The van der Waals surface area contributed by atoms with Crippen LogP contribution < -0.4 is 10.2 Å². The molecule has 5 rings (SSSR count). The van der Waals surface area contributed by atoms with Crippen molar-refractivity contribution in [3.8, 4) is 0 Å². The number of rotatable bonds is 5. The Morgan fingerprint density at radius 3 is 2.25 bits per heavy atom. The number of likely N-dealkylation sites (tertiary alicyclic amines) is 1. The summed E-state index contributed by atoms with van der Waals surface area (Å²) in [6, 6.07) is 2.02. The minimum Gasteiger partial charge on any atom is -0.444 e. The normalized spacial score (nSPS) is 23.3. The van der Waals surface area contributed by atoms with Crippen LogP contribution in [0.4, 0.5) is 21.2 Å². The Kier molecular flexibility index (Phi) is 7.39. The standard InChI is InChI=1S/C29H44N6O5/c1-17(2)19-14-30-35-23(13-22(32-25(19)35)31-18-9-11-38-12-10-18)34(27(37)40-29(6,7)8)24-20-15-33(16-21(20)24)26(36)39-28(3,4)5/h13-14,17-18,20-21,24H,9-12,15-16H2,1-8H3,(H,31,32). The first-order valence-electron chi connectivity index (χ1n) is 14.4. The number of carbonyl (C=O) groups is 2. The molecule has 0 spiro atoms. The molecule has 2 amide bonds. The number of aromatic nitrogens is 3. The molecule has 3 fully saturated rings. The molecule has 11 nitrogen and oxygen atoms in total. The molecule has 40 heavy (non-hydrogen) atoms. The fraction of sp³-hybridized carbons (Fsp3) is 0.724. The molecule has 1 saturated carbocycles. The second-order valence-corrected chi connectivity index (χ2v) is 13.6. The quantitative estimate of drug-likeness (QED) is 0.545. The van der Waals surface area contributed by atoms with E-state index >= 15 is 0 Å². The van der Waals surface area contributed by atoms with Crippen molar-refractivity contribution in [1.29, 1.82) is 0 Å². The highest BCUT2D eigenvalue weighted by atomic mass is 16.6. The Bertz CT molecular complexity index is 1240. The largest absolute Gasteiger partial charge is 0.444 e. The number of amides is 2. The van der Waals surface area contributed by atoms with Crippen molar-refractivity contribution in [3.05, 3.63) is 17.8 Å². The Hall–Kier alpha value is -3.08. The molecule has 2 aromatic heterocycles. The van der Waals surface area contributed by atoms with E-state index in [9.17, 15) is 9.59 Å². The van der Waals surface area contributed by atoms with Crippen LogP contribution in [-0.2, 0) is 14.2 Å². The maximum Gasteiger partial charge on any atom is 0.416 e. The van der Waals surface area contributed by atoms with Crippen molar-refractivity contribution in [2.45, 2.75) is 97.4 Å². The number of hydrogen-bond acceptors (Lipinski definition) is 8. The van der Waals surface area contributed by atoms with Gasteiger partial charge < -0.3 is 24.4 Å². The molecule has 2 aromatic rings. The van der Waals surface area contributed by atoms with Gasteiger partial charge in [0.05, 0.1) is 12.2 Å². The van der Waals surface area contributed by atoms with Crippen molar-refractivity contribution in [2.24, 2.45) is 11.8 Å². The number of piperidine rings is 1. The Morgan fingerprint density at radius 2 is 1.68 bits per heavy atom. The molecular formula is C29H44N6O5. The molecule has 0 aromatic carbocycles. The number of nitrogens with zero attached hydrogens (tertiary/aromatic N) is 5. The zero-order valence-electron chi connectivity index (χ0n) is 25.1. The maximum absolute atomic E-state index is 13.9. The van der Waals surface area contributed by atoms with E-state index in [1.165, 1.54) is 0 Å². The molecule has 4 heterocycles. The molecule has 0 radical (unpaired) electrons. The van der Waals surface area contributed by atoms with Gasteiger partial charge in [0.15, 0.2) is 5.65 Å². The van der Waals surface area contributed by atoms with E-state index in [-0.39, 0.29) is 35.9 Å². The van der Waals surface area contributed by atoms with E-state index in [2.05, 4.69) is 24.3 Å². The lowest BCUT2D eigenvalue weighted by Gasteiger charge is -2.31. The summed E-state index contributed by atoms with van der Waals surface area (Å²) >= 11 is 0. The van der Waals surface area contributed by atoms with Crippen LogP contribution in [0, 0.1) is 11.8 Å². The van der Waals surface area contributed by atoms with Gasteiger partial charge in [0.25, 0.3) is 0 Å². The van der Waals surface area contributed by atoms with Crippen molar-refractivity contribution in [3.63, 3.8) is 0 Å². The van der Waals surface area contributed by atoms with Gasteiger partial charge in [0.1, 0.15) is 22.8 Å². The molecular weight excluding hydrogens is 512 g/mol. The minimum atomic E-state index is -0.676. The van der Waals surface area contributed by atoms with Crippen LogP contribution in [0.2, 0.25) is 0 Å². The number of nitrogens with one attached hydrogen (secondary N) is 1. The van der Waals surface area contributed by atoms with Crippen LogP contribution in [0.25, 0.3) is 5.65 Å². The number of fused-ring (bicyclic) bond motifs is 2. The van der Waals surface area contributed by atoms with Crippen LogP contribution in [0.15, 0.2) is 12.3 Å². The summed E-state index contributed by atoms with van der Waals surface area (Å²) in [4.78, 5) is 35.0. The van der Waals surface area contributed by atoms with Crippen molar-refractivity contribution in [1.82, 2.24) is 19.5 Å². The summed E-state index contributed by atoms with van der Waals surface area (Å²) in [6.45, 7) is 17.9. The molecule has 220 valence electrons. The van der Waals surface area contributed by atoms with Crippen molar-refractivity contribution >= 4 is 29.5 Å². The van der Waals surface area contributed by atoms with Gasteiger partial charge in [0, 0.05) is 55.8 Å². The molecule has 1 aliphatic carbocycles. The Labute approximate surface area is 236 Å². The Balaban J connectivity index is 1.50. The summed E-state index contributed by atoms with van der Waals surface area (Å²) in [6.07, 6.45) is 2.87. The average Bonchev–Trinajstić information content (AvgIpc) is 3.18. The van der Waals surface area contributed by atoms with E-state index in [1.807, 2.05) is 53.8 Å². The molecule has 2 unspecified atom stereocenters. The van der Waals surface area contributed by atoms with Gasteiger partial charge >= 0.3 is 12.2 Å². The Morgan fingerprint density at radius 1 is 1.05 bits per heavy atom. The summed E-state index contributed by atoms with van der Waals surface area (Å²) in [5.74, 6) is 1.76. The average molecular weight is 557 g/mol. The van der Waals surface area contributed by atoms with Gasteiger partial charge in [-0.05, 0) is 60.3 Å². The topological polar surface area (TPSA) is 111 Å². The highest BCUT2D eigenvalue weighted by molar-refractivity contribution is 5.90. The third-order valence-electron chi connectivity index (χ3n) is 7.61. The summed E-state index contributed by atoms with van der Waals surface area (Å²) < 4.78 is 18.8. The minimum absolute atomic E-state index is 0.121. The van der Waals surface area contributed by atoms with Gasteiger partial charge in [-0.1, -0.05) is 13.8 Å². The van der Waals surface area contributed by atoms with Crippen LogP contribution in [-0.4, -0.2) is 81.3 Å². The van der Waals surface area contributed by atoms with Crippen molar-refractivity contribution in [2.75, 3.05) is 36.5 Å². The van der Waals surface area contributed by atoms with E-state index in [1.54, 1.807) is 14.3 Å². The van der Waals surface area contributed by atoms with E-state index in [0.29, 0.717) is 37.9 Å². The molecule has 0 bridgehead atoms.